The van der Waals surface area contributed by atoms with Crippen LogP contribution < -0.4 is 11.1 Å². The predicted molar refractivity (Wildman–Crippen MR) is 96.7 cm³/mol. The molecule has 2 aromatic rings. The van der Waals surface area contributed by atoms with Crippen LogP contribution in [0.15, 0.2) is 48.5 Å². The molecule has 2 nitrogen and oxygen atoms in total. The molecule has 2 fully saturated rings. The second kappa shape index (κ2) is 6.71. The summed E-state index contributed by atoms with van der Waals surface area (Å²) >= 11 is 0. The first-order valence-corrected chi connectivity index (χ1v) is 9.18. The van der Waals surface area contributed by atoms with E-state index in [1.54, 1.807) is 6.07 Å². The molecule has 138 valence electrons. The Bertz CT molecular complexity index is 766. The zero-order valence-corrected chi connectivity index (χ0v) is 14.5. The van der Waals surface area contributed by atoms with Crippen LogP contribution in [0.5, 0.6) is 0 Å². The summed E-state index contributed by atoms with van der Waals surface area (Å²) < 4.78 is 38.6. The SMILES string of the molecule is NC(CN[C@@H]1C[C@H]1c1ccc(-c2cccc(C(F)(F)F)c2)cc1)C1CC1. The standard InChI is InChI=1S/C21H23F3N2/c22-21(23,24)17-3-1-2-16(10-17)13-4-6-14(7-5-13)18-11-20(18)26-12-19(25)15-8-9-15/h1-7,10,15,18-20,26H,8-9,11-12,25H2/t18-,19?,20+/m0/s1. The lowest BCUT2D eigenvalue weighted by Crippen LogP contribution is -2.36. The molecule has 3 N–H and O–H groups in total. The maximum atomic E-state index is 12.9. The molecule has 4 rings (SSSR count). The fraction of sp³-hybridized carbons (Fsp3) is 0.429. The smallest absolute Gasteiger partial charge is 0.326 e. The first kappa shape index (κ1) is 17.6. The number of hydrogen-bond donors (Lipinski definition) is 2. The van der Waals surface area contributed by atoms with Crippen LogP contribution >= 0.6 is 0 Å². The van der Waals surface area contributed by atoms with Crippen molar-refractivity contribution in [3.8, 4) is 11.1 Å². The maximum Gasteiger partial charge on any atom is 0.416 e. The van der Waals surface area contributed by atoms with Crippen molar-refractivity contribution in [2.75, 3.05) is 6.54 Å². The van der Waals surface area contributed by atoms with E-state index in [0.29, 0.717) is 23.4 Å². The van der Waals surface area contributed by atoms with E-state index in [-0.39, 0.29) is 6.04 Å². The Morgan fingerprint density at radius 3 is 2.42 bits per heavy atom. The highest BCUT2D eigenvalue weighted by atomic mass is 19.4. The Balaban J connectivity index is 1.38. The zero-order chi connectivity index (χ0) is 18.3. The van der Waals surface area contributed by atoms with E-state index in [4.69, 9.17) is 5.73 Å². The average molecular weight is 360 g/mol. The van der Waals surface area contributed by atoms with Crippen LogP contribution in [0.25, 0.3) is 11.1 Å². The second-order valence-electron chi connectivity index (χ2n) is 7.56. The molecule has 3 atom stereocenters. The number of nitrogens with one attached hydrogen (secondary N) is 1. The Hall–Kier alpha value is -1.85. The molecule has 0 aliphatic heterocycles. The highest BCUT2D eigenvalue weighted by Crippen LogP contribution is 2.42. The first-order valence-electron chi connectivity index (χ1n) is 9.18. The fourth-order valence-electron chi connectivity index (χ4n) is 3.57. The highest BCUT2D eigenvalue weighted by Gasteiger charge is 2.39. The molecular weight excluding hydrogens is 337 g/mol. The molecule has 1 unspecified atom stereocenters. The van der Waals surface area contributed by atoms with Gasteiger partial charge in [0.15, 0.2) is 0 Å². The minimum absolute atomic E-state index is 0.263. The van der Waals surface area contributed by atoms with Crippen LogP contribution in [0, 0.1) is 5.92 Å². The largest absolute Gasteiger partial charge is 0.416 e. The molecule has 0 amide bonds. The fourth-order valence-corrected chi connectivity index (χ4v) is 3.57. The van der Waals surface area contributed by atoms with Crippen LogP contribution in [0.3, 0.4) is 0 Å². The number of benzene rings is 2. The van der Waals surface area contributed by atoms with Crippen molar-refractivity contribution < 1.29 is 13.2 Å². The van der Waals surface area contributed by atoms with Crippen molar-refractivity contribution in [2.24, 2.45) is 11.7 Å². The Kier molecular flexibility index (Phi) is 4.53. The van der Waals surface area contributed by atoms with E-state index >= 15 is 0 Å². The van der Waals surface area contributed by atoms with Crippen molar-refractivity contribution >= 4 is 0 Å². The highest BCUT2D eigenvalue weighted by molar-refractivity contribution is 5.65. The molecule has 0 aromatic heterocycles. The molecule has 0 heterocycles. The molecule has 0 radical (unpaired) electrons. The van der Waals surface area contributed by atoms with E-state index in [1.807, 2.05) is 24.3 Å². The van der Waals surface area contributed by atoms with Crippen molar-refractivity contribution in [3.05, 3.63) is 59.7 Å². The molecular formula is C21H23F3N2. The lowest BCUT2D eigenvalue weighted by atomic mass is 10.0. The summed E-state index contributed by atoms with van der Waals surface area (Å²) in [6, 6.07) is 14.1. The van der Waals surface area contributed by atoms with E-state index in [1.165, 1.54) is 30.5 Å². The van der Waals surface area contributed by atoms with Gasteiger partial charge in [-0.3, -0.25) is 0 Å². The van der Waals surface area contributed by atoms with E-state index in [0.717, 1.165) is 24.6 Å². The maximum absolute atomic E-state index is 12.9. The summed E-state index contributed by atoms with van der Waals surface area (Å²) in [4.78, 5) is 0. The average Bonchev–Trinajstić information content (AvgIpc) is 3.53. The van der Waals surface area contributed by atoms with Crippen molar-refractivity contribution in [3.63, 3.8) is 0 Å². The van der Waals surface area contributed by atoms with Gasteiger partial charge in [-0.15, -0.1) is 0 Å². The topological polar surface area (TPSA) is 38.0 Å². The van der Waals surface area contributed by atoms with Crippen LogP contribution in [0.1, 0.15) is 36.3 Å². The first-order chi connectivity index (χ1) is 12.4. The molecule has 2 aliphatic rings. The van der Waals surface area contributed by atoms with Gasteiger partial charge in [-0.25, -0.2) is 0 Å². The summed E-state index contributed by atoms with van der Waals surface area (Å²) in [7, 11) is 0. The molecule has 5 heteroatoms. The third kappa shape index (κ3) is 3.94. The Morgan fingerprint density at radius 2 is 1.77 bits per heavy atom. The number of nitrogens with two attached hydrogens (primary N) is 1. The van der Waals surface area contributed by atoms with Crippen molar-refractivity contribution in [1.82, 2.24) is 5.32 Å². The second-order valence-corrected chi connectivity index (χ2v) is 7.56. The minimum atomic E-state index is -4.32. The van der Waals surface area contributed by atoms with Gasteiger partial charge in [0.2, 0.25) is 0 Å². The summed E-state index contributed by atoms with van der Waals surface area (Å²) in [5.74, 6) is 1.18. The molecule has 0 saturated heterocycles. The number of hydrogen-bond acceptors (Lipinski definition) is 2. The molecule has 26 heavy (non-hydrogen) atoms. The van der Waals surface area contributed by atoms with Crippen LogP contribution in [-0.2, 0) is 6.18 Å². The van der Waals surface area contributed by atoms with Gasteiger partial charge in [-0.1, -0.05) is 36.4 Å². The molecule has 0 spiro atoms. The third-order valence-corrected chi connectivity index (χ3v) is 5.50. The van der Waals surface area contributed by atoms with Gasteiger partial charge in [0.05, 0.1) is 5.56 Å². The van der Waals surface area contributed by atoms with E-state index < -0.39 is 11.7 Å². The molecule has 2 saturated carbocycles. The predicted octanol–water partition coefficient (Wildman–Crippen LogP) is 4.56. The number of halogens is 3. The number of rotatable bonds is 6. The lowest BCUT2D eigenvalue weighted by molar-refractivity contribution is -0.137. The van der Waals surface area contributed by atoms with E-state index in [9.17, 15) is 13.2 Å². The normalized spacial score (nSPS) is 23.7. The van der Waals surface area contributed by atoms with Gasteiger partial charge in [0.25, 0.3) is 0 Å². The summed E-state index contributed by atoms with van der Waals surface area (Å²) in [5, 5.41) is 3.55. The van der Waals surface area contributed by atoms with Gasteiger partial charge in [0.1, 0.15) is 0 Å². The molecule has 2 aliphatic carbocycles. The lowest BCUT2D eigenvalue weighted by Gasteiger charge is -2.11. The van der Waals surface area contributed by atoms with Gasteiger partial charge in [0, 0.05) is 24.5 Å². The third-order valence-electron chi connectivity index (χ3n) is 5.50. The quantitative estimate of drug-likeness (QED) is 0.793. The minimum Gasteiger partial charge on any atom is -0.326 e. The van der Waals surface area contributed by atoms with Gasteiger partial charge < -0.3 is 11.1 Å². The monoisotopic (exact) mass is 360 g/mol. The van der Waals surface area contributed by atoms with Crippen LogP contribution in [-0.4, -0.2) is 18.6 Å². The van der Waals surface area contributed by atoms with Crippen LogP contribution in [0.2, 0.25) is 0 Å². The van der Waals surface area contributed by atoms with Crippen LogP contribution in [0.4, 0.5) is 13.2 Å². The van der Waals surface area contributed by atoms with Gasteiger partial charge in [-0.05, 0) is 54.0 Å². The van der Waals surface area contributed by atoms with Crippen molar-refractivity contribution in [2.45, 2.75) is 43.4 Å². The zero-order valence-electron chi connectivity index (χ0n) is 14.5. The summed E-state index contributed by atoms with van der Waals surface area (Å²) in [6.45, 7) is 0.869. The Morgan fingerprint density at radius 1 is 1.04 bits per heavy atom. The molecule has 2 aromatic carbocycles. The molecule has 0 bridgehead atoms. The van der Waals surface area contributed by atoms with Gasteiger partial charge in [-0.2, -0.15) is 13.2 Å². The Labute approximate surface area is 151 Å². The summed E-state index contributed by atoms with van der Waals surface area (Å²) in [5.41, 5.74) is 8.14. The van der Waals surface area contributed by atoms with E-state index in [2.05, 4.69) is 5.32 Å². The number of alkyl halides is 3. The summed E-state index contributed by atoms with van der Waals surface area (Å²) in [6.07, 6.45) is -0.702. The van der Waals surface area contributed by atoms with Gasteiger partial charge >= 0.3 is 6.18 Å². The van der Waals surface area contributed by atoms with Crippen molar-refractivity contribution in [1.29, 1.82) is 0 Å².